The molecule has 1 amide bonds. The van der Waals surface area contributed by atoms with Crippen LogP contribution in [0, 0.1) is 6.92 Å². The van der Waals surface area contributed by atoms with Gasteiger partial charge in [0.2, 0.25) is 0 Å². The second-order valence-electron chi connectivity index (χ2n) is 9.59. The molecule has 10 nitrogen and oxygen atoms in total. The van der Waals surface area contributed by atoms with Crippen molar-refractivity contribution in [1.29, 1.82) is 0 Å². The van der Waals surface area contributed by atoms with Gasteiger partial charge in [0.05, 0.1) is 17.8 Å². The molecule has 200 valence electrons. The van der Waals surface area contributed by atoms with Crippen LogP contribution < -0.4 is 10.2 Å². The highest BCUT2D eigenvalue weighted by Crippen LogP contribution is 2.30. The number of hydrogen-bond acceptors (Lipinski definition) is 7. The van der Waals surface area contributed by atoms with Gasteiger partial charge in [-0.15, -0.1) is 0 Å². The molecular formula is C24H32F3N9O. The molecule has 2 N–H and O–H groups in total. The number of hydrogen-bond donors (Lipinski definition) is 2. The number of aromatic nitrogens is 5. The molecule has 1 fully saturated rings. The summed E-state index contributed by atoms with van der Waals surface area (Å²) in [6.07, 6.45) is -1.81. The van der Waals surface area contributed by atoms with Gasteiger partial charge in [0.15, 0.2) is 5.69 Å². The van der Waals surface area contributed by atoms with Crippen LogP contribution in [0.2, 0.25) is 0 Å². The fourth-order valence-corrected chi connectivity index (χ4v) is 4.40. The van der Waals surface area contributed by atoms with Crippen molar-refractivity contribution in [1.82, 2.24) is 34.8 Å². The van der Waals surface area contributed by atoms with Crippen LogP contribution in [0.4, 0.5) is 24.8 Å². The van der Waals surface area contributed by atoms with E-state index in [1.165, 1.54) is 6.07 Å². The third-order valence-corrected chi connectivity index (χ3v) is 6.31. The molecule has 37 heavy (non-hydrogen) atoms. The summed E-state index contributed by atoms with van der Waals surface area (Å²) in [5.41, 5.74) is 1.13. The van der Waals surface area contributed by atoms with Crippen LogP contribution in [0.15, 0.2) is 30.6 Å². The number of nitrogens with one attached hydrogen (secondary N) is 2. The van der Waals surface area contributed by atoms with Gasteiger partial charge in [0.1, 0.15) is 11.6 Å². The van der Waals surface area contributed by atoms with Gasteiger partial charge in [-0.05, 0) is 40.1 Å². The zero-order valence-electron chi connectivity index (χ0n) is 21.4. The smallest absolute Gasteiger partial charge is 0.351 e. The van der Waals surface area contributed by atoms with Gasteiger partial charge in [0.25, 0.3) is 5.91 Å². The lowest BCUT2D eigenvalue weighted by molar-refractivity contribution is -0.137. The molecule has 4 rings (SSSR count). The van der Waals surface area contributed by atoms with Crippen molar-refractivity contribution in [2.75, 3.05) is 50.5 Å². The Bertz CT molecular complexity index is 1200. The van der Waals surface area contributed by atoms with Crippen molar-refractivity contribution in [3.05, 3.63) is 53.1 Å². The summed E-state index contributed by atoms with van der Waals surface area (Å²) in [5, 5.41) is 14.4. The molecule has 4 heterocycles. The average molecular weight is 520 g/mol. The number of H-pyrrole nitrogens is 1. The molecule has 1 saturated heterocycles. The lowest BCUT2D eigenvalue weighted by atomic mass is 10.1. The minimum atomic E-state index is -4.41. The Kier molecular flexibility index (Phi) is 7.83. The molecule has 0 saturated carbocycles. The van der Waals surface area contributed by atoms with E-state index in [0.29, 0.717) is 50.1 Å². The van der Waals surface area contributed by atoms with Crippen molar-refractivity contribution in [2.45, 2.75) is 39.2 Å². The number of carbonyl (C=O) groups excluding carboxylic acids is 1. The maximum absolute atomic E-state index is 13.1. The summed E-state index contributed by atoms with van der Waals surface area (Å²) >= 11 is 0. The summed E-state index contributed by atoms with van der Waals surface area (Å²) in [7, 11) is 3.96. The number of halogens is 3. The molecular weight excluding hydrogens is 487 g/mol. The minimum absolute atomic E-state index is 0.0242. The molecule has 0 bridgehead atoms. The fraction of sp³-hybridized carbons (Fsp3) is 0.500. The summed E-state index contributed by atoms with van der Waals surface area (Å²) in [5.74, 6) is 0.817. The van der Waals surface area contributed by atoms with Crippen molar-refractivity contribution in [2.24, 2.45) is 0 Å². The first kappa shape index (κ1) is 26.6. The number of pyridine rings is 1. The first-order chi connectivity index (χ1) is 17.5. The molecule has 0 aromatic carbocycles. The monoisotopic (exact) mass is 519 g/mol. The lowest BCUT2D eigenvalue weighted by Crippen LogP contribution is -2.52. The molecule has 13 heteroatoms. The van der Waals surface area contributed by atoms with Gasteiger partial charge >= 0.3 is 6.18 Å². The number of amides is 1. The highest BCUT2D eigenvalue weighted by molar-refractivity contribution is 6.03. The van der Waals surface area contributed by atoms with E-state index in [1.54, 1.807) is 10.9 Å². The van der Waals surface area contributed by atoms with E-state index in [4.69, 9.17) is 0 Å². The first-order valence-electron chi connectivity index (χ1n) is 12.1. The molecule has 1 aliphatic rings. The second kappa shape index (κ2) is 10.9. The van der Waals surface area contributed by atoms with Crippen molar-refractivity contribution >= 4 is 17.5 Å². The standard InChI is InChI=1S/C24H32F3N9O/c1-16-11-21(36(32-16)10-7-33(3)4)30-23(37)22-18(12-29-31-22)15-34-8-9-35(17(2)14-34)20-6-5-19(13-28-20)24(25,26)27/h5-6,11-13,17H,7-10,14-15H2,1-4H3,(H,29,31)(H,30,37). The number of likely N-dealkylation sites (N-methyl/N-ethyl adjacent to an activating group) is 1. The van der Waals surface area contributed by atoms with E-state index < -0.39 is 11.7 Å². The molecule has 0 radical (unpaired) electrons. The number of rotatable bonds is 8. The highest BCUT2D eigenvalue weighted by atomic mass is 19.4. The largest absolute Gasteiger partial charge is 0.417 e. The Labute approximate surface area is 213 Å². The molecule has 3 aromatic heterocycles. The van der Waals surface area contributed by atoms with E-state index in [0.717, 1.165) is 30.1 Å². The number of aromatic amines is 1. The predicted molar refractivity (Wildman–Crippen MR) is 133 cm³/mol. The van der Waals surface area contributed by atoms with Crippen LogP contribution in [-0.4, -0.2) is 87.0 Å². The van der Waals surface area contributed by atoms with E-state index in [1.807, 2.05) is 43.8 Å². The molecule has 1 unspecified atom stereocenters. The van der Waals surface area contributed by atoms with Crippen molar-refractivity contribution in [3.8, 4) is 0 Å². The summed E-state index contributed by atoms with van der Waals surface area (Å²) < 4.78 is 40.4. The topological polar surface area (TPSA) is 98.2 Å². The quantitative estimate of drug-likeness (QED) is 0.472. The minimum Gasteiger partial charge on any atom is -0.351 e. The Morgan fingerprint density at radius 2 is 2.05 bits per heavy atom. The average Bonchev–Trinajstić information content (AvgIpc) is 3.43. The second-order valence-corrected chi connectivity index (χ2v) is 9.59. The van der Waals surface area contributed by atoms with Gasteiger partial charge in [-0.3, -0.25) is 14.8 Å². The molecule has 0 aliphatic carbocycles. The Morgan fingerprint density at radius 1 is 1.27 bits per heavy atom. The number of carbonyl (C=O) groups is 1. The van der Waals surface area contributed by atoms with Crippen LogP contribution in [-0.2, 0) is 19.3 Å². The van der Waals surface area contributed by atoms with Crippen molar-refractivity contribution in [3.63, 3.8) is 0 Å². The summed E-state index contributed by atoms with van der Waals surface area (Å²) in [6, 6.07) is 4.33. The van der Waals surface area contributed by atoms with Crippen LogP contribution in [0.25, 0.3) is 0 Å². The van der Waals surface area contributed by atoms with Gasteiger partial charge in [0, 0.05) is 62.8 Å². The lowest BCUT2D eigenvalue weighted by Gasteiger charge is -2.40. The van der Waals surface area contributed by atoms with Crippen LogP contribution in [0.3, 0.4) is 0 Å². The van der Waals surface area contributed by atoms with Crippen LogP contribution in [0.1, 0.15) is 34.2 Å². The maximum atomic E-state index is 13.1. The molecule has 3 aromatic rings. The first-order valence-corrected chi connectivity index (χ1v) is 12.1. The predicted octanol–water partition coefficient (Wildman–Crippen LogP) is 2.85. The zero-order valence-corrected chi connectivity index (χ0v) is 21.4. The maximum Gasteiger partial charge on any atom is 0.417 e. The fourth-order valence-electron chi connectivity index (χ4n) is 4.40. The Balaban J connectivity index is 1.38. The van der Waals surface area contributed by atoms with E-state index in [-0.39, 0.29) is 11.9 Å². The van der Waals surface area contributed by atoms with Crippen LogP contribution >= 0.6 is 0 Å². The third kappa shape index (κ3) is 6.46. The summed E-state index contributed by atoms with van der Waals surface area (Å²) in [4.78, 5) is 23.3. The Morgan fingerprint density at radius 3 is 2.70 bits per heavy atom. The number of nitrogens with zero attached hydrogens (tertiary/aromatic N) is 7. The molecule has 1 atom stereocenters. The number of aryl methyl sites for hydroxylation is 1. The number of alkyl halides is 3. The SMILES string of the molecule is Cc1cc(NC(=O)c2n[nH]cc2CN2CCN(c3ccc(C(F)(F)F)cn3)C(C)C2)n(CCN(C)C)n1. The van der Waals surface area contributed by atoms with Gasteiger partial charge in [-0.25, -0.2) is 9.67 Å². The zero-order chi connectivity index (χ0) is 26.7. The third-order valence-electron chi connectivity index (χ3n) is 6.31. The summed E-state index contributed by atoms with van der Waals surface area (Å²) in [6.45, 7) is 7.74. The van der Waals surface area contributed by atoms with Gasteiger partial charge in [-0.2, -0.15) is 23.4 Å². The normalized spacial score (nSPS) is 17.0. The number of piperazine rings is 1. The molecule has 0 spiro atoms. The van der Waals surface area contributed by atoms with Crippen molar-refractivity contribution < 1.29 is 18.0 Å². The highest BCUT2D eigenvalue weighted by Gasteiger charge is 2.32. The van der Waals surface area contributed by atoms with E-state index in [9.17, 15) is 18.0 Å². The van der Waals surface area contributed by atoms with Crippen LogP contribution in [0.5, 0.6) is 0 Å². The Hall–Kier alpha value is -3.45. The van der Waals surface area contributed by atoms with Gasteiger partial charge in [-0.1, -0.05) is 0 Å². The van der Waals surface area contributed by atoms with Gasteiger partial charge < -0.3 is 15.1 Å². The van der Waals surface area contributed by atoms with E-state index >= 15 is 0 Å². The number of anilines is 2. The van der Waals surface area contributed by atoms with E-state index in [2.05, 4.69) is 30.5 Å². The molecule has 1 aliphatic heterocycles.